The van der Waals surface area contributed by atoms with E-state index in [1.807, 2.05) is 18.2 Å². The number of hydrogen-bond acceptors (Lipinski definition) is 3. The molecule has 1 aromatic carbocycles. The van der Waals surface area contributed by atoms with E-state index in [4.69, 9.17) is 4.74 Å². The van der Waals surface area contributed by atoms with Crippen LogP contribution in [-0.2, 0) is 11.3 Å². The summed E-state index contributed by atoms with van der Waals surface area (Å²) in [5, 5.41) is 12.9. The maximum absolute atomic E-state index is 9.52. The Morgan fingerprint density at radius 3 is 2.75 bits per heavy atom. The second kappa shape index (κ2) is 5.95. The van der Waals surface area contributed by atoms with E-state index in [0.29, 0.717) is 6.61 Å². The molecule has 2 fully saturated rings. The molecule has 1 heterocycles. The summed E-state index contributed by atoms with van der Waals surface area (Å²) in [4.78, 5) is 0. The van der Waals surface area contributed by atoms with Crippen molar-refractivity contribution in [3.63, 3.8) is 0 Å². The van der Waals surface area contributed by atoms with E-state index in [1.54, 1.807) is 0 Å². The van der Waals surface area contributed by atoms with Crippen LogP contribution >= 0.6 is 0 Å². The van der Waals surface area contributed by atoms with Crippen LogP contribution in [-0.4, -0.2) is 18.2 Å². The smallest absolute Gasteiger partial charge is 0.109 e. The molecule has 0 amide bonds. The van der Waals surface area contributed by atoms with Crippen LogP contribution in [0.1, 0.15) is 37.7 Å². The monoisotopic (exact) mass is 270 g/mol. The molecular formula is C17H22N2O. The van der Waals surface area contributed by atoms with Gasteiger partial charge < -0.3 is 4.74 Å². The fraction of sp³-hybridized carbons (Fsp3) is 0.588. The molecule has 1 aliphatic heterocycles. The largest absolute Gasteiger partial charge is 0.372 e. The molecule has 0 spiro atoms. The Balaban J connectivity index is 1.51. The van der Waals surface area contributed by atoms with Crippen LogP contribution in [0.2, 0.25) is 0 Å². The molecule has 1 N–H and O–H groups in total. The van der Waals surface area contributed by atoms with Gasteiger partial charge in [-0.05, 0) is 17.9 Å². The van der Waals surface area contributed by atoms with Crippen molar-refractivity contribution in [2.24, 2.45) is 5.92 Å². The van der Waals surface area contributed by atoms with E-state index in [-0.39, 0.29) is 11.6 Å². The van der Waals surface area contributed by atoms with Gasteiger partial charge in [0.15, 0.2) is 0 Å². The predicted molar refractivity (Wildman–Crippen MR) is 77.9 cm³/mol. The third kappa shape index (κ3) is 3.03. The van der Waals surface area contributed by atoms with Crippen molar-refractivity contribution < 1.29 is 4.74 Å². The highest BCUT2D eigenvalue weighted by Crippen LogP contribution is 2.37. The SMILES string of the molecule is N#C[C@]1(CC2CCC2)C[C@H](OCc2ccccc2)CN1. The molecule has 106 valence electrons. The maximum Gasteiger partial charge on any atom is 0.109 e. The van der Waals surface area contributed by atoms with Gasteiger partial charge in [-0.15, -0.1) is 0 Å². The molecular weight excluding hydrogens is 248 g/mol. The molecule has 20 heavy (non-hydrogen) atoms. The molecule has 0 radical (unpaired) electrons. The van der Waals surface area contributed by atoms with Crippen molar-refractivity contribution in [3.8, 4) is 6.07 Å². The topological polar surface area (TPSA) is 45.0 Å². The highest BCUT2D eigenvalue weighted by atomic mass is 16.5. The van der Waals surface area contributed by atoms with Gasteiger partial charge in [0.2, 0.25) is 0 Å². The van der Waals surface area contributed by atoms with E-state index in [1.165, 1.54) is 24.8 Å². The first-order chi connectivity index (χ1) is 9.80. The fourth-order valence-electron chi connectivity index (χ4n) is 3.22. The zero-order chi connectivity index (χ0) is 13.8. The van der Waals surface area contributed by atoms with Gasteiger partial charge in [-0.25, -0.2) is 0 Å². The molecule has 0 aromatic heterocycles. The van der Waals surface area contributed by atoms with E-state index in [0.717, 1.165) is 25.3 Å². The number of nitrogens with one attached hydrogen (secondary N) is 1. The van der Waals surface area contributed by atoms with Crippen molar-refractivity contribution in [1.82, 2.24) is 5.32 Å². The van der Waals surface area contributed by atoms with Gasteiger partial charge in [-0.2, -0.15) is 5.26 Å². The summed E-state index contributed by atoms with van der Waals surface area (Å²) in [5.41, 5.74) is 0.854. The van der Waals surface area contributed by atoms with Crippen LogP contribution < -0.4 is 5.32 Å². The summed E-state index contributed by atoms with van der Waals surface area (Å²) in [7, 11) is 0. The van der Waals surface area contributed by atoms with Crippen LogP contribution in [0.5, 0.6) is 0 Å². The van der Waals surface area contributed by atoms with Crippen molar-refractivity contribution >= 4 is 0 Å². The Labute approximate surface area is 120 Å². The summed E-state index contributed by atoms with van der Waals surface area (Å²) in [5.74, 6) is 0.745. The molecule has 1 aliphatic carbocycles. The van der Waals surface area contributed by atoms with E-state index in [2.05, 4.69) is 23.5 Å². The molecule has 1 saturated heterocycles. The minimum atomic E-state index is -0.341. The van der Waals surface area contributed by atoms with E-state index < -0.39 is 0 Å². The normalized spacial score (nSPS) is 29.9. The number of benzene rings is 1. The van der Waals surface area contributed by atoms with Gasteiger partial charge in [-0.3, -0.25) is 5.32 Å². The molecule has 1 saturated carbocycles. The van der Waals surface area contributed by atoms with Crippen molar-refractivity contribution in [2.75, 3.05) is 6.54 Å². The highest BCUT2D eigenvalue weighted by molar-refractivity contribution is 5.15. The molecule has 3 nitrogen and oxygen atoms in total. The van der Waals surface area contributed by atoms with Crippen LogP contribution in [0.4, 0.5) is 0 Å². The van der Waals surface area contributed by atoms with Gasteiger partial charge in [0.05, 0.1) is 18.8 Å². The molecule has 2 atom stereocenters. The van der Waals surface area contributed by atoms with Crippen molar-refractivity contribution in [3.05, 3.63) is 35.9 Å². The fourth-order valence-corrected chi connectivity index (χ4v) is 3.22. The molecule has 3 rings (SSSR count). The Kier molecular flexibility index (Phi) is 4.05. The van der Waals surface area contributed by atoms with Gasteiger partial charge in [0, 0.05) is 13.0 Å². The standard InChI is InChI=1S/C17H22N2O/c18-13-17(9-14-7-4-8-14)10-16(11-19-17)20-12-15-5-2-1-3-6-15/h1-3,5-6,14,16,19H,4,7-12H2/t16-,17-/m0/s1. The number of nitriles is 1. The van der Waals surface area contributed by atoms with Crippen LogP contribution in [0.15, 0.2) is 30.3 Å². The molecule has 1 aromatic rings. The van der Waals surface area contributed by atoms with Gasteiger partial charge >= 0.3 is 0 Å². The summed E-state index contributed by atoms with van der Waals surface area (Å²) < 4.78 is 5.97. The van der Waals surface area contributed by atoms with Crippen LogP contribution in [0.25, 0.3) is 0 Å². The average Bonchev–Trinajstić information content (AvgIpc) is 2.86. The number of ether oxygens (including phenoxy) is 1. The number of hydrogen-bond donors (Lipinski definition) is 1. The van der Waals surface area contributed by atoms with E-state index >= 15 is 0 Å². The van der Waals surface area contributed by atoms with Gasteiger partial charge in [0.1, 0.15) is 5.54 Å². The zero-order valence-electron chi connectivity index (χ0n) is 11.8. The second-order valence-corrected chi connectivity index (χ2v) is 6.20. The summed E-state index contributed by atoms with van der Waals surface area (Å²) in [6.07, 6.45) is 5.90. The third-order valence-electron chi connectivity index (χ3n) is 4.65. The van der Waals surface area contributed by atoms with Gasteiger partial charge in [0.25, 0.3) is 0 Å². The first kappa shape index (κ1) is 13.6. The summed E-state index contributed by atoms with van der Waals surface area (Å²) >= 11 is 0. The summed E-state index contributed by atoms with van der Waals surface area (Å²) in [6, 6.07) is 12.7. The highest BCUT2D eigenvalue weighted by Gasteiger charge is 2.42. The Hall–Kier alpha value is -1.37. The average molecular weight is 270 g/mol. The zero-order valence-corrected chi connectivity index (χ0v) is 11.8. The van der Waals surface area contributed by atoms with Crippen LogP contribution in [0, 0.1) is 17.2 Å². The Morgan fingerprint density at radius 2 is 2.10 bits per heavy atom. The first-order valence-corrected chi connectivity index (χ1v) is 7.61. The third-order valence-corrected chi connectivity index (χ3v) is 4.65. The molecule has 0 unspecified atom stereocenters. The van der Waals surface area contributed by atoms with Crippen molar-refractivity contribution in [1.29, 1.82) is 5.26 Å². The molecule has 0 bridgehead atoms. The van der Waals surface area contributed by atoms with Crippen molar-refractivity contribution in [2.45, 2.75) is 50.4 Å². The predicted octanol–water partition coefficient (Wildman–Crippen LogP) is 3.02. The summed E-state index contributed by atoms with van der Waals surface area (Å²) in [6.45, 7) is 1.44. The molecule has 2 aliphatic rings. The Bertz CT molecular complexity index is 478. The lowest BCUT2D eigenvalue weighted by molar-refractivity contribution is 0.0495. The second-order valence-electron chi connectivity index (χ2n) is 6.20. The first-order valence-electron chi connectivity index (χ1n) is 7.61. The number of nitrogens with zero attached hydrogens (tertiary/aromatic N) is 1. The maximum atomic E-state index is 9.52. The quantitative estimate of drug-likeness (QED) is 0.894. The molecule has 3 heteroatoms. The van der Waals surface area contributed by atoms with Gasteiger partial charge in [-0.1, -0.05) is 49.6 Å². The minimum Gasteiger partial charge on any atom is -0.372 e. The Morgan fingerprint density at radius 1 is 1.30 bits per heavy atom. The minimum absolute atomic E-state index is 0.162. The lowest BCUT2D eigenvalue weighted by atomic mass is 9.76. The van der Waals surface area contributed by atoms with E-state index in [9.17, 15) is 5.26 Å². The number of rotatable bonds is 5. The lowest BCUT2D eigenvalue weighted by Gasteiger charge is -2.32. The van der Waals surface area contributed by atoms with Crippen LogP contribution in [0.3, 0.4) is 0 Å². The lowest BCUT2D eigenvalue weighted by Crippen LogP contribution is -2.41.